The summed E-state index contributed by atoms with van der Waals surface area (Å²) in [5, 5.41) is 1.23. The number of aromatic nitrogens is 1. The largest absolute Gasteiger partial charge is 0.275 e. The molecule has 1 N–H and O–H groups in total. The van der Waals surface area contributed by atoms with E-state index in [9.17, 15) is 13.2 Å². The summed E-state index contributed by atoms with van der Waals surface area (Å²) >= 11 is 1.32. The van der Waals surface area contributed by atoms with Crippen LogP contribution in [0.3, 0.4) is 0 Å². The van der Waals surface area contributed by atoms with E-state index in [0.717, 1.165) is 16.9 Å². The maximum Gasteiger partial charge on any atom is 0.275 e. The highest BCUT2D eigenvalue weighted by Crippen LogP contribution is 2.24. The van der Waals surface area contributed by atoms with Gasteiger partial charge in [-0.1, -0.05) is 19.1 Å². The molecule has 0 atom stereocenters. The molecule has 124 valence electrons. The Hall–Kier alpha value is -2.25. The van der Waals surface area contributed by atoms with Crippen molar-refractivity contribution < 1.29 is 13.2 Å². The maximum atomic E-state index is 12.6. The average Bonchev–Trinajstić information content (AvgIpc) is 2.95. The molecule has 24 heavy (non-hydrogen) atoms. The highest BCUT2D eigenvalue weighted by Gasteiger charge is 2.22. The normalized spacial score (nSPS) is 11.6. The molecule has 0 aliphatic heterocycles. The van der Waals surface area contributed by atoms with Crippen LogP contribution in [0, 0.1) is 6.92 Å². The van der Waals surface area contributed by atoms with Crippen LogP contribution in [0.25, 0.3) is 10.8 Å². The molecule has 0 aliphatic rings. The number of nitrogens with zero attached hydrogens (tertiary/aromatic N) is 1. The van der Waals surface area contributed by atoms with E-state index in [1.165, 1.54) is 23.6 Å². The van der Waals surface area contributed by atoms with Crippen LogP contribution in [0.4, 0.5) is 0 Å². The van der Waals surface area contributed by atoms with Crippen molar-refractivity contribution in [3.63, 3.8) is 0 Å². The van der Waals surface area contributed by atoms with Crippen molar-refractivity contribution in [3.8, 4) is 0 Å². The van der Waals surface area contributed by atoms with Gasteiger partial charge in [0.2, 0.25) is 0 Å². The summed E-state index contributed by atoms with van der Waals surface area (Å²) < 4.78 is 27.5. The predicted molar refractivity (Wildman–Crippen MR) is 94.8 cm³/mol. The van der Waals surface area contributed by atoms with Gasteiger partial charge in [0.15, 0.2) is 0 Å². The molecule has 2 aromatic heterocycles. The lowest BCUT2D eigenvalue weighted by atomic mass is 10.2. The van der Waals surface area contributed by atoms with Gasteiger partial charge in [0, 0.05) is 28.0 Å². The van der Waals surface area contributed by atoms with Crippen LogP contribution in [-0.4, -0.2) is 19.3 Å². The number of nitrogens with one attached hydrogen (secondary N) is 1. The van der Waals surface area contributed by atoms with Crippen LogP contribution in [-0.2, 0) is 16.4 Å². The number of amides is 1. The van der Waals surface area contributed by atoms with E-state index in [4.69, 9.17) is 0 Å². The van der Waals surface area contributed by atoms with E-state index < -0.39 is 15.9 Å². The summed E-state index contributed by atoms with van der Waals surface area (Å²) in [6.07, 6.45) is 3.93. The monoisotopic (exact) mass is 360 g/mol. The van der Waals surface area contributed by atoms with Gasteiger partial charge in [0.1, 0.15) is 0 Å². The highest BCUT2D eigenvalue weighted by molar-refractivity contribution is 7.90. The van der Waals surface area contributed by atoms with E-state index in [0.29, 0.717) is 15.6 Å². The Morgan fingerprint density at radius 2 is 2.08 bits per heavy atom. The van der Waals surface area contributed by atoms with Gasteiger partial charge in [-0.3, -0.25) is 9.78 Å². The van der Waals surface area contributed by atoms with Gasteiger partial charge >= 0.3 is 0 Å². The summed E-state index contributed by atoms with van der Waals surface area (Å²) in [5.74, 6) is -0.603. The number of hydrogen-bond donors (Lipinski definition) is 1. The number of sulfonamides is 1. The Morgan fingerprint density at radius 3 is 2.79 bits per heavy atom. The molecule has 2 heterocycles. The van der Waals surface area contributed by atoms with Crippen molar-refractivity contribution >= 4 is 38.0 Å². The second kappa shape index (κ2) is 6.33. The van der Waals surface area contributed by atoms with Crippen LogP contribution < -0.4 is 4.72 Å². The first-order chi connectivity index (χ1) is 11.4. The number of pyridine rings is 1. The minimum atomic E-state index is -3.97. The fourth-order valence-electron chi connectivity index (χ4n) is 2.54. The number of fused-ring (bicyclic) bond motifs is 1. The van der Waals surface area contributed by atoms with Crippen molar-refractivity contribution in [1.29, 1.82) is 0 Å². The molecule has 5 nitrogen and oxygen atoms in total. The first kappa shape index (κ1) is 16.6. The fraction of sp³-hybridized carbons (Fsp3) is 0.176. The van der Waals surface area contributed by atoms with E-state index in [2.05, 4.69) is 9.71 Å². The maximum absolute atomic E-state index is 12.6. The van der Waals surface area contributed by atoms with Gasteiger partial charge in [-0.15, -0.1) is 11.3 Å². The molecule has 1 aromatic carbocycles. The molecule has 0 unspecified atom stereocenters. The molecule has 0 aliphatic carbocycles. The number of hydrogen-bond acceptors (Lipinski definition) is 5. The molecule has 0 saturated carbocycles. The zero-order valence-corrected chi connectivity index (χ0v) is 14.9. The van der Waals surface area contributed by atoms with Crippen molar-refractivity contribution in [2.24, 2.45) is 0 Å². The number of benzene rings is 1. The van der Waals surface area contributed by atoms with Crippen LogP contribution >= 0.6 is 11.3 Å². The molecule has 0 radical (unpaired) electrons. The Morgan fingerprint density at radius 1 is 1.29 bits per heavy atom. The van der Waals surface area contributed by atoms with E-state index in [1.807, 2.05) is 13.8 Å². The average molecular weight is 360 g/mol. The molecule has 1 amide bonds. The SMILES string of the molecule is CCc1sc(C(=O)NS(=O)(=O)c2cccc3cnccc23)cc1C. The van der Waals surface area contributed by atoms with E-state index in [1.54, 1.807) is 30.5 Å². The molecule has 0 spiro atoms. The van der Waals surface area contributed by atoms with Gasteiger partial charge in [-0.2, -0.15) is 0 Å². The third-order valence-electron chi connectivity index (χ3n) is 3.72. The number of aryl methyl sites for hydroxylation is 2. The first-order valence-corrected chi connectivity index (χ1v) is 9.71. The summed E-state index contributed by atoms with van der Waals surface area (Å²) in [6, 6.07) is 8.24. The van der Waals surface area contributed by atoms with Gasteiger partial charge in [0.05, 0.1) is 9.77 Å². The second-order valence-corrected chi connectivity index (χ2v) is 8.15. The van der Waals surface area contributed by atoms with Gasteiger partial charge in [-0.25, -0.2) is 13.1 Å². The van der Waals surface area contributed by atoms with Crippen molar-refractivity contribution in [2.75, 3.05) is 0 Å². The number of rotatable bonds is 4. The standard InChI is InChI=1S/C17H16N2O3S2/c1-3-14-11(2)9-15(23-14)17(20)19-24(21,22)16-6-4-5-12-10-18-8-7-13(12)16/h4-10H,3H2,1-2H3,(H,19,20). The molecule has 3 aromatic rings. The lowest BCUT2D eigenvalue weighted by Gasteiger charge is -2.08. The molecule has 0 saturated heterocycles. The molecule has 0 fully saturated rings. The topological polar surface area (TPSA) is 76.1 Å². The molecule has 7 heteroatoms. The van der Waals surface area contributed by atoms with Crippen molar-refractivity contribution in [1.82, 2.24) is 9.71 Å². The van der Waals surface area contributed by atoms with Crippen LogP contribution in [0.15, 0.2) is 47.6 Å². The van der Waals surface area contributed by atoms with E-state index in [-0.39, 0.29) is 4.90 Å². The predicted octanol–water partition coefficient (Wildman–Crippen LogP) is 3.29. The smallest absolute Gasteiger partial charge is 0.267 e. The zero-order chi connectivity index (χ0) is 17.3. The van der Waals surface area contributed by atoms with Crippen molar-refractivity contribution in [2.45, 2.75) is 25.2 Å². The molecule has 0 bridgehead atoms. The minimum absolute atomic E-state index is 0.0692. The quantitative estimate of drug-likeness (QED) is 0.775. The Labute approximate surface area is 144 Å². The Kier molecular flexibility index (Phi) is 4.38. The number of carbonyl (C=O) groups excluding carboxylic acids is 1. The van der Waals surface area contributed by atoms with E-state index >= 15 is 0 Å². The third-order valence-corrected chi connectivity index (χ3v) is 6.49. The Balaban J connectivity index is 1.97. The van der Waals surface area contributed by atoms with Gasteiger partial charge < -0.3 is 0 Å². The summed E-state index contributed by atoms with van der Waals surface area (Å²) in [7, 11) is -3.97. The van der Waals surface area contributed by atoms with Crippen molar-refractivity contribution in [3.05, 3.63) is 58.0 Å². The summed E-state index contributed by atoms with van der Waals surface area (Å²) in [4.78, 5) is 17.9. The van der Waals surface area contributed by atoms with Gasteiger partial charge in [-0.05, 0) is 37.1 Å². The highest BCUT2D eigenvalue weighted by atomic mass is 32.2. The van der Waals surface area contributed by atoms with Crippen LogP contribution in [0.5, 0.6) is 0 Å². The minimum Gasteiger partial charge on any atom is -0.267 e. The molecular formula is C17H16N2O3S2. The fourth-order valence-corrected chi connectivity index (χ4v) is 4.81. The third kappa shape index (κ3) is 3.05. The summed E-state index contributed by atoms with van der Waals surface area (Å²) in [5.41, 5.74) is 1.00. The van der Waals surface area contributed by atoms with Gasteiger partial charge in [0.25, 0.3) is 15.9 Å². The van der Waals surface area contributed by atoms with Crippen LogP contribution in [0.1, 0.15) is 27.0 Å². The zero-order valence-electron chi connectivity index (χ0n) is 13.2. The number of carbonyl (C=O) groups is 1. The first-order valence-electron chi connectivity index (χ1n) is 7.41. The summed E-state index contributed by atoms with van der Waals surface area (Å²) in [6.45, 7) is 3.92. The molecular weight excluding hydrogens is 344 g/mol. The second-order valence-electron chi connectivity index (χ2n) is 5.36. The lowest BCUT2D eigenvalue weighted by Crippen LogP contribution is -2.30. The van der Waals surface area contributed by atoms with Crippen LogP contribution in [0.2, 0.25) is 0 Å². The lowest BCUT2D eigenvalue weighted by molar-refractivity contribution is 0.0985. The molecule has 3 rings (SSSR count). The Bertz CT molecular complexity index is 1020. The number of thiophene rings is 1.